The predicted octanol–water partition coefficient (Wildman–Crippen LogP) is 4.04. The summed E-state index contributed by atoms with van der Waals surface area (Å²) in [5, 5.41) is 0. The van der Waals surface area contributed by atoms with Crippen molar-refractivity contribution in [3.8, 4) is 0 Å². The summed E-state index contributed by atoms with van der Waals surface area (Å²) in [6, 6.07) is 9.90. The van der Waals surface area contributed by atoms with Crippen molar-refractivity contribution in [2.24, 2.45) is 0 Å². The van der Waals surface area contributed by atoms with E-state index in [-0.39, 0.29) is 6.79 Å². The van der Waals surface area contributed by atoms with Crippen LogP contribution >= 0.6 is 8.25 Å². The Labute approximate surface area is 128 Å². The van der Waals surface area contributed by atoms with Crippen molar-refractivity contribution in [2.45, 2.75) is 39.7 Å². The molecule has 1 N–H and O–H groups in total. The Morgan fingerprint density at radius 3 is 2.24 bits per heavy atom. The number of unbranched alkanes of at least 4 members (excludes halogenated alkanes) is 1. The smallest absolute Gasteiger partial charge is 0.377 e. The highest BCUT2D eigenvalue weighted by atomic mass is 31.1. The first-order chi connectivity index (χ1) is 10.2. The Bertz CT molecular complexity index is 343. The molecule has 1 atom stereocenters. The molecule has 120 valence electrons. The maximum Gasteiger partial charge on any atom is 0.697 e. The van der Waals surface area contributed by atoms with Crippen LogP contribution < -0.4 is 0 Å². The fraction of sp³-hybridized carbons (Fsp3) is 0.600. The van der Waals surface area contributed by atoms with E-state index in [0.717, 1.165) is 12.0 Å². The van der Waals surface area contributed by atoms with Crippen LogP contribution in [0.25, 0.3) is 0 Å². The molecule has 1 aromatic rings. The molecule has 0 saturated heterocycles. The van der Waals surface area contributed by atoms with Crippen LogP contribution in [-0.2, 0) is 25.2 Å². The molecule has 0 amide bonds. The molecule has 0 aromatic heterocycles. The minimum Gasteiger partial charge on any atom is -0.377 e. The quantitative estimate of drug-likeness (QED) is 0.401. The minimum absolute atomic E-state index is 0.162. The molecule has 0 bridgehead atoms. The number of hydrogen-bond donors (Lipinski definition) is 1. The summed E-state index contributed by atoms with van der Waals surface area (Å²) in [4.78, 5) is 8.30. The topological polar surface area (TPSA) is 65.0 Å². The third-order valence-electron chi connectivity index (χ3n) is 2.44. The SMILES string of the molecule is CCCC.O=[P+](O)OCOCCCOCc1ccccc1. The molecule has 0 saturated carbocycles. The van der Waals surface area contributed by atoms with E-state index in [9.17, 15) is 4.57 Å². The van der Waals surface area contributed by atoms with Crippen molar-refractivity contribution in [2.75, 3.05) is 20.0 Å². The van der Waals surface area contributed by atoms with Crippen molar-refractivity contribution < 1.29 is 23.5 Å². The molecule has 21 heavy (non-hydrogen) atoms. The Morgan fingerprint density at radius 1 is 1.05 bits per heavy atom. The first-order valence-electron chi connectivity index (χ1n) is 7.19. The van der Waals surface area contributed by atoms with Gasteiger partial charge in [0.25, 0.3) is 0 Å². The molecule has 6 heteroatoms. The molecule has 0 aliphatic carbocycles. The molecule has 1 aromatic carbocycles. The van der Waals surface area contributed by atoms with E-state index >= 15 is 0 Å². The summed E-state index contributed by atoms with van der Waals surface area (Å²) in [6.45, 7) is 5.81. The second kappa shape index (κ2) is 15.5. The Balaban J connectivity index is 0.000000885. The van der Waals surface area contributed by atoms with Gasteiger partial charge >= 0.3 is 8.25 Å². The van der Waals surface area contributed by atoms with Gasteiger partial charge in [-0.2, -0.15) is 0 Å². The van der Waals surface area contributed by atoms with Crippen molar-refractivity contribution in [3.05, 3.63) is 35.9 Å². The zero-order valence-corrected chi connectivity index (χ0v) is 13.8. The predicted molar refractivity (Wildman–Crippen MR) is 83.0 cm³/mol. The van der Waals surface area contributed by atoms with Crippen molar-refractivity contribution in [1.82, 2.24) is 0 Å². The molecule has 0 heterocycles. The summed E-state index contributed by atoms with van der Waals surface area (Å²) < 4.78 is 24.8. The molecule has 0 aliphatic heterocycles. The number of ether oxygens (including phenoxy) is 2. The Morgan fingerprint density at radius 2 is 1.67 bits per heavy atom. The molecule has 0 spiro atoms. The lowest BCUT2D eigenvalue weighted by atomic mass is 10.2. The number of benzene rings is 1. The van der Waals surface area contributed by atoms with Crippen LogP contribution in [0.5, 0.6) is 0 Å². The zero-order chi connectivity index (χ0) is 15.8. The summed E-state index contributed by atoms with van der Waals surface area (Å²) in [5.41, 5.74) is 1.13. The maximum absolute atomic E-state index is 10.1. The van der Waals surface area contributed by atoms with Crippen molar-refractivity contribution >= 4 is 8.25 Å². The highest BCUT2D eigenvalue weighted by Crippen LogP contribution is 2.13. The summed E-state index contributed by atoms with van der Waals surface area (Å²) >= 11 is 0. The second-order valence-electron chi connectivity index (χ2n) is 4.28. The van der Waals surface area contributed by atoms with Crippen molar-refractivity contribution in [3.63, 3.8) is 0 Å². The van der Waals surface area contributed by atoms with E-state index in [1.165, 1.54) is 12.8 Å². The standard InChI is InChI=1S/C11H15O5P.C4H10/c12-17(13)16-10-15-8-4-7-14-9-11-5-2-1-3-6-11;1-3-4-2/h1-3,5-6H,4,7-10H2;3-4H2,1-2H3/p+1. The van der Waals surface area contributed by atoms with Crippen molar-refractivity contribution in [1.29, 1.82) is 0 Å². The fourth-order valence-corrected chi connectivity index (χ4v) is 1.33. The monoisotopic (exact) mass is 317 g/mol. The van der Waals surface area contributed by atoms with Crippen LogP contribution in [-0.4, -0.2) is 24.9 Å². The van der Waals surface area contributed by atoms with E-state index in [1.54, 1.807) is 0 Å². The normalized spacial score (nSPS) is 10.7. The molecular formula is C15H26O5P+. The number of rotatable bonds is 10. The van der Waals surface area contributed by atoms with Gasteiger partial charge in [-0.3, -0.25) is 0 Å². The third kappa shape index (κ3) is 15.4. The van der Waals surface area contributed by atoms with Gasteiger partial charge in [-0.25, -0.2) is 0 Å². The molecule has 0 radical (unpaired) electrons. The van der Waals surface area contributed by atoms with Crippen LogP contribution in [0.2, 0.25) is 0 Å². The van der Waals surface area contributed by atoms with E-state index in [4.69, 9.17) is 14.4 Å². The van der Waals surface area contributed by atoms with Gasteiger partial charge in [0, 0.05) is 11.2 Å². The third-order valence-corrected chi connectivity index (χ3v) is 2.76. The Kier molecular flexibility index (Phi) is 14.9. The fourth-order valence-electron chi connectivity index (χ4n) is 1.17. The highest BCUT2D eigenvalue weighted by molar-refractivity contribution is 7.32. The van der Waals surface area contributed by atoms with Crippen LogP contribution in [0.1, 0.15) is 38.7 Å². The summed E-state index contributed by atoms with van der Waals surface area (Å²) in [6.07, 6.45) is 3.36. The average molecular weight is 317 g/mol. The van der Waals surface area contributed by atoms with Crippen LogP contribution in [0.3, 0.4) is 0 Å². The molecule has 0 aliphatic rings. The first-order valence-corrected chi connectivity index (χ1v) is 8.32. The van der Waals surface area contributed by atoms with Crippen LogP contribution in [0.4, 0.5) is 0 Å². The van der Waals surface area contributed by atoms with Gasteiger partial charge < -0.3 is 9.47 Å². The Hall–Kier alpha value is -0.840. The summed E-state index contributed by atoms with van der Waals surface area (Å²) in [7, 11) is -2.56. The minimum atomic E-state index is -2.56. The van der Waals surface area contributed by atoms with Gasteiger partial charge in [-0.1, -0.05) is 61.5 Å². The molecule has 1 rings (SSSR count). The average Bonchev–Trinajstić information content (AvgIpc) is 2.51. The molecular weight excluding hydrogens is 291 g/mol. The number of hydrogen-bond acceptors (Lipinski definition) is 4. The van der Waals surface area contributed by atoms with Gasteiger partial charge in [0.1, 0.15) is 0 Å². The second-order valence-corrected chi connectivity index (χ2v) is 5.02. The lowest BCUT2D eigenvalue weighted by Gasteiger charge is -2.04. The maximum atomic E-state index is 10.1. The van der Waals surface area contributed by atoms with Gasteiger partial charge in [0.05, 0.1) is 13.2 Å². The molecule has 0 fully saturated rings. The zero-order valence-electron chi connectivity index (χ0n) is 12.9. The first kappa shape index (κ1) is 20.2. The summed E-state index contributed by atoms with van der Waals surface area (Å²) in [5.74, 6) is 0. The lowest BCUT2D eigenvalue weighted by molar-refractivity contribution is 0.00157. The van der Waals surface area contributed by atoms with E-state index < -0.39 is 8.25 Å². The molecule has 1 unspecified atom stereocenters. The highest BCUT2D eigenvalue weighted by Gasteiger charge is 2.10. The van der Waals surface area contributed by atoms with E-state index in [1.807, 2.05) is 30.3 Å². The van der Waals surface area contributed by atoms with Crippen LogP contribution in [0.15, 0.2) is 30.3 Å². The van der Waals surface area contributed by atoms with Gasteiger partial charge in [-0.15, -0.1) is 4.89 Å². The van der Waals surface area contributed by atoms with Gasteiger partial charge in [0.2, 0.25) is 6.79 Å². The van der Waals surface area contributed by atoms with Crippen LogP contribution in [0, 0.1) is 0 Å². The van der Waals surface area contributed by atoms with Gasteiger partial charge in [-0.05, 0) is 12.0 Å². The molecule has 5 nitrogen and oxygen atoms in total. The van der Waals surface area contributed by atoms with E-state index in [2.05, 4.69) is 18.4 Å². The van der Waals surface area contributed by atoms with E-state index in [0.29, 0.717) is 19.8 Å². The lowest BCUT2D eigenvalue weighted by Crippen LogP contribution is -2.02. The van der Waals surface area contributed by atoms with Gasteiger partial charge in [0.15, 0.2) is 0 Å². The largest absolute Gasteiger partial charge is 0.697 e.